The highest BCUT2D eigenvalue weighted by Crippen LogP contribution is 1.77. The van der Waals surface area contributed by atoms with Crippen LogP contribution in [0.15, 0.2) is 25.3 Å². The van der Waals surface area contributed by atoms with Crippen molar-refractivity contribution >= 4 is 24.8 Å². The Bertz CT molecular complexity index is 120. The van der Waals surface area contributed by atoms with Gasteiger partial charge in [-0.05, 0) is 0 Å². The molecule has 3 nitrogen and oxygen atoms in total. The third-order valence-electron chi connectivity index (χ3n) is 1.34. The van der Waals surface area contributed by atoms with Gasteiger partial charge in [-0.25, -0.2) is 0 Å². The van der Waals surface area contributed by atoms with Gasteiger partial charge in [0.2, 0.25) is 0 Å². The highest BCUT2D eigenvalue weighted by atomic mass is 35.5. The van der Waals surface area contributed by atoms with Crippen molar-refractivity contribution in [3.05, 3.63) is 25.3 Å². The van der Waals surface area contributed by atoms with Crippen LogP contribution in [0, 0.1) is 0 Å². The van der Waals surface area contributed by atoms with Gasteiger partial charge in [-0.15, -0.1) is 38.0 Å². The molecule has 0 aliphatic rings. The Morgan fingerprint density at radius 1 is 1.00 bits per heavy atom. The molecule has 0 spiro atoms. The van der Waals surface area contributed by atoms with Crippen molar-refractivity contribution in [2.24, 2.45) is 0 Å². The average molecular weight is 243 g/mol. The molecule has 0 amide bonds. The Morgan fingerprint density at radius 2 is 1.36 bits per heavy atom. The van der Waals surface area contributed by atoms with Crippen LogP contribution in [-0.4, -0.2) is 37.4 Å². The van der Waals surface area contributed by atoms with Crippen molar-refractivity contribution < 1.29 is 5.11 Å². The molecule has 0 heterocycles. The summed E-state index contributed by atoms with van der Waals surface area (Å²) in [7, 11) is 0. The predicted octanol–water partition coefficient (Wildman–Crippen LogP) is 0.742. The van der Waals surface area contributed by atoms with Crippen LogP contribution >= 0.6 is 24.8 Å². The molecule has 0 aromatic carbocycles. The molecule has 0 saturated carbocycles. The lowest BCUT2D eigenvalue weighted by molar-refractivity contribution is 0.171. The predicted molar refractivity (Wildman–Crippen MR) is 66.6 cm³/mol. The Labute approximate surface area is 98.5 Å². The van der Waals surface area contributed by atoms with Crippen LogP contribution in [0.3, 0.4) is 0 Å². The van der Waals surface area contributed by atoms with Gasteiger partial charge in [0.25, 0.3) is 0 Å². The molecule has 0 fully saturated rings. The van der Waals surface area contributed by atoms with Gasteiger partial charge in [0.05, 0.1) is 6.10 Å². The van der Waals surface area contributed by atoms with E-state index in [2.05, 4.69) is 23.8 Å². The molecule has 0 aliphatic carbocycles. The lowest BCUT2D eigenvalue weighted by Gasteiger charge is -2.10. The zero-order valence-electron chi connectivity index (χ0n) is 8.24. The molecule has 0 atom stereocenters. The fourth-order valence-electron chi connectivity index (χ4n) is 0.776. The second kappa shape index (κ2) is 15.4. The maximum absolute atomic E-state index is 9.31. The van der Waals surface area contributed by atoms with Gasteiger partial charge in [0.15, 0.2) is 0 Å². The van der Waals surface area contributed by atoms with Crippen molar-refractivity contribution in [3.8, 4) is 0 Å². The molecule has 86 valence electrons. The van der Waals surface area contributed by atoms with Crippen LogP contribution in [-0.2, 0) is 0 Å². The topological polar surface area (TPSA) is 44.3 Å². The minimum atomic E-state index is -0.343. The van der Waals surface area contributed by atoms with Crippen molar-refractivity contribution in [3.63, 3.8) is 0 Å². The van der Waals surface area contributed by atoms with E-state index in [0.29, 0.717) is 13.1 Å². The summed E-state index contributed by atoms with van der Waals surface area (Å²) in [6.45, 7) is 9.78. The summed E-state index contributed by atoms with van der Waals surface area (Å²) in [6.07, 6.45) is 3.19. The van der Waals surface area contributed by atoms with Crippen molar-refractivity contribution in [1.29, 1.82) is 0 Å². The van der Waals surface area contributed by atoms with Gasteiger partial charge in [-0.1, -0.05) is 12.2 Å². The van der Waals surface area contributed by atoms with Crippen LogP contribution in [0.4, 0.5) is 0 Å². The Hall–Kier alpha value is -0.0600. The standard InChI is InChI=1S/C9H18N2O.2ClH/c1-3-5-10-7-9(12)8-11-6-4-2;;/h3-4,9-12H,1-2,5-8H2;2*1H. The molecular weight excluding hydrogens is 223 g/mol. The number of halogens is 2. The van der Waals surface area contributed by atoms with Crippen molar-refractivity contribution in [2.75, 3.05) is 26.2 Å². The summed E-state index contributed by atoms with van der Waals surface area (Å²) in [5.74, 6) is 0. The van der Waals surface area contributed by atoms with E-state index in [1.807, 2.05) is 0 Å². The SMILES string of the molecule is C=CCNCC(O)CNCC=C.Cl.Cl. The summed E-state index contributed by atoms with van der Waals surface area (Å²) >= 11 is 0. The fraction of sp³-hybridized carbons (Fsp3) is 0.556. The van der Waals surface area contributed by atoms with E-state index in [9.17, 15) is 5.11 Å². The Morgan fingerprint density at radius 3 is 1.64 bits per heavy atom. The number of hydrogen-bond acceptors (Lipinski definition) is 3. The van der Waals surface area contributed by atoms with Gasteiger partial charge in [0, 0.05) is 26.2 Å². The minimum Gasteiger partial charge on any atom is -0.390 e. The molecule has 0 bridgehead atoms. The van der Waals surface area contributed by atoms with Gasteiger partial charge in [-0.3, -0.25) is 0 Å². The normalized spacial score (nSPS) is 8.71. The van der Waals surface area contributed by atoms with E-state index in [4.69, 9.17) is 0 Å². The second-order valence-electron chi connectivity index (χ2n) is 2.55. The molecule has 0 unspecified atom stereocenters. The van der Waals surface area contributed by atoms with E-state index >= 15 is 0 Å². The molecule has 0 radical (unpaired) electrons. The monoisotopic (exact) mass is 242 g/mol. The third kappa shape index (κ3) is 14.5. The summed E-state index contributed by atoms with van der Waals surface area (Å²) in [6, 6.07) is 0. The van der Waals surface area contributed by atoms with Crippen LogP contribution < -0.4 is 10.6 Å². The molecule has 0 aromatic rings. The molecule has 3 N–H and O–H groups in total. The highest BCUT2D eigenvalue weighted by molar-refractivity contribution is 5.85. The first-order valence-electron chi connectivity index (χ1n) is 4.12. The summed E-state index contributed by atoms with van der Waals surface area (Å²) < 4.78 is 0. The summed E-state index contributed by atoms with van der Waals surface area (Å²) in [5, 5.41) is 15.4. The van der Waals surface area contributed by atoms with Crippen LogP contribution in [0.1, 0.15) is 0 Å². The summed E-state index contributed by atoms with van der Waals surface area (Å²) in [5.41, 5.74) is 0. The quantitative estimate of drug-likeness (QED) is 0.435. The molecule has 0 rings (SSSR count). The molecule has 5 heteroatoms. The van der Waals surface area contributed by atoms with Gasteiger partial charge in [0.1, 0.15) is 0 Å². The molecule has 0 saturated heterocycles. The first kappa shape index (κ1) is 19.5. The second-order valence-corrected chi connectivity index (χ2v) is 2.55. The van der Waals surface area contributed by atoms with E-state index in [-0.39, 0.29) is 30.9 Å². The Balaban J connectivity index is -0.000000605. The Kier molecular flexibility index (Phi) is 21.5. The lowest BCUT2D eigenvalue weighted by atomic mass is 10.3. The van der Waals surface area contributed by atoms with Crippen LogP contribution in [0.25, 0.3) is 0 Å². The molecular formula is C9H20Cl2N2O. The lowest BCUT2D eigenvalue weighted by Crippen LogP contribution is -2.35. The van der Waals surface area contributed by atoms with Crippen LogP contribution in [0.5, 0.6) is 0 Å². The number of rotatable bonds is 8. The zero-order chi connectivity index (χ0) is 9.23. The fourth-order valence-corrected chi connectivity index (χ4v) is 0.776. The maximum Gasteiger partial charge on any atom is 0.0788 e. The van der Waals surface area contributed by atoms with Crippen molar-refractivity contribution in [1.82, 2.24) is 10.6 Å². The molecule has 14 heavy (non-hydrogen) atoms. The first-order valence-corrected chi connectivity index (χ1v) is 4.12. The number of nitrogens with one attached hydrogen (secondary N) is 2. The smallest absolute Gasteiger partial charge is 0.0788 e. The van der Waals surface area contributed by atoms with Crippen molar-refractivity contribution in [2.45, 2.75) is 6.10 Å². The van der Waals surface area contributed by atoms with Gasteiger partial charge in [-0.2, -0.15) is 0 Å². The number of aliphatic hydroxyl groups is 1. The first-order chi connectivity index (χ1) is 5.81. The zero-order valence-corrected chi connectivity index (χ0v) is 9.87. The van der Waals surface area contributed by atoms with Gasteiger partial charge >= 0.3 is 0 Å². The minimum absolute atomic E-state index is 0. The average Bonchev–Trinajstić information content (AvgIpc) is 2.06. The van der Waals surface area contributed by atoms with E-state index in [1.54, 1.807) is 12.2 Å². The maximum atomic E-state index is 9.31. The highest BCUT2D eigenvalue weighted by Gasteiger charge is 1.99. The molecule has 0 aromatic heterocycles. The van der Waals surface area contributed by atoms with Crippen LogP contribution in [0.2, 0.25) is 0 Å². The largest absolute Gasteiger partial charge is 0.390 e. The van der Waals surface area contributed by atoms with E-state index in [0.717, 1.165) is 13.1 Å². The summed E-state index contributed by atoms with van der Waals surface area (Å²) in [4.78, 5) is 0. The number of hydrogen-bond donors (Lipinski definition) is 3. The van der Waals surface area contributed by atoms with Gasteiger partial charge < -0.3 is 15.7 Å². The van der Waals surface area contributed by atoms with E-state index < -0.39 is 0 Å². The third-order valence-corrected chi connectivity index (χ3v) is 1.34. The van der Waals surface area contributed by atoms with E-state index in [1.165, 1.54) is 0 Å². The molecule has 0 aliphatic heterocycles. The number of aliphatic hydroxyl groups excluding tert-OH is 1.